The SMILES string of the molecule is CN1CC(=O)N(c2ccc(F)cc2)CC(C(=O)O)C1. The Morgan fingerprint density at radius 3 is 2.53 bits per heavy atom. The van der Waals surface area contributed by atoms with Gasteiger partial charge in [-0.2, -0.15) is 0 Å². The molecule has 1 aromatic rings. The molecule has 0 spiro atoms. The molecule has 0 saturated carbocycles. The van der Waals surface area contributed by atoms with E-state index in [4.69, 9.17) is 5.11 Å². The summed E-state index contributed by atoms with van der Waals surface area (Å²) in [5, 5.41) is 9.15. The molecule has 0 bridgehead atoms. The van der Waals surface area contributed by atoms with Crippen LogP contribution in [0.25, 0.3) is 0 Å². The number of rotatable bonds is 2. The van der Waals surface area contributed by atoms with Gasteiger partial charge in [-0.1, -0.05) is 0 Å². The molecule has 1 amide bonds. The Hall–Kier alpha value is -1.95. The molecule has 1 aliphatic heterocycles. The predicted octanol–water partition coefficient (Wildman–Crippen LogP) is 0.805. The molecule has 1 fully saturated rings. The van der Waals surface area contributed by atoms with Crippen molar-refractivity contribution in [3.63, 3.8) is 0 Å². The lowest BCUT2D eigenvalue weighted by atomic mass is 10.1. The number of amides is 1. The number of hydrogen-bond donors (Lipinski definition) is 1. The van der Waals surface area contributed by atoms with Crippen LogP contribution in [-0.2, 0) is 9.59 Å². The van der Waals surface area contributed by atoms with Crippen LogP contribution in [0.5, 0.6) is 0 Å². The number of carboxylic acids is 1. The Morgan fingerprint density at radius 2 is 1.95 bits per heavy atom. The van der Waals surface area contributed by atoms with Gasteiger partial charge < -0.3 is 10.0 Å². The summed E-state index contributed by atoms with van der Waals surface area (Å²) in [6.45, 7) is 0.573. The third-order valence-electron chi connectivity index (χ3n) is 3.13. The number of carbonyl (C=O) groups excluding carboxylic acids is 1. The number of likely N-dealkylation sites (N-methyl/N-ethyl adjacent to an activating group) is 1. The maximum atomic E-state index is 12.9. The van der Waals surface area contributed by atoms with Crippen molar-refractivity contribution >= 4 is 17.6 Å². The maximum absolute atomic E-state index is 12.9. The highest BCUT2D eigenvalue weighted by molar-refractivity contribution is 5.95. The average Bonchev–Trinajstić information content (AvgIpc) is 2.49. The van der Waals surface area contributed by atoms with E-state index < -0.39 is 17.7 Å². The zero-order valence-electron chi connectivity index (χ0n) is 10.5. The summed E-state index contributed by atoms with van der Waals surface area (Å²) in [6.07, 6.45) is 0. The first-order valence-corrected chi connectivity index (χ1v) is 5.94. The quantitative estimate of drug-likeness (QED) is 0.860. The van der Waals surface area contributed by atoms with Crippen molar-refractivity contribution in [2.24, 2.45) is 5.92 Å². The molecule has 102 valence electrons. The smallest absolute Gasteiger partial charge is 0.309 e. The third kappa shape index (κ3) is 3.08. The van der Waals surface area contributed by atoms with Crippen molar-refractivity contribution in [2.45, 2.75) is 0 Å². The van der Waals surface area contributed by atoms with Crippen LogP contribution in [0.1, 0.15) is 0 Å². The second kappa shape index (κ2) is 5.36. The van der Waals surface area contributed by atoms with E-state index in [-0.39, 0.29) is 19.0 Å². The number of benzene rings is 1. The Morgan fingerprint density at radius 1 is 1.32 bits per heavy atom. The van der Waals surface area contributed by atoms with Gasteiger partial charge in [0.15, 0.2) is 0 Å². The first-order chi connectivity index (χ1) is 8.97. The number of aliphatic carboxylic acids is 1. The van der Waals surface area contributed by atoms with Crippen LogP contribution >= 0.6 is 0 Å². The number of anilines is 1. The molecule has 19 heavy (non-hydrogen) atoms. The van der Waals surface area contributed by atoms with Crippen molar-refractivity contribution < 1.29 is 19.1 Å². The van der Waals surface area contributed by atoms with Crippen LogP contribution in [0, 0.1) is 11.7 Å². The fourth-order valence-corrected chi connectivity index (χ4v) is 2.16. The third-order valence-corrected chi connectivity index (χ3v) is 3.13. The van der Waals surface area contributed by atoms with Crippen molar-refractivity contribution in [3.8, 4) is 0 Å². The van der Waals surface area contributed by atoms with E-state index in [2.05, 4.69) is 0 Å². The lowest BCUT2D eigenvalue weighted by molar-refractivity contribution is -0.141. The summed E-state index contributed by atoms with van der Waals surface area (Å²) in [5.74, 6) is -2.16. The van der Waals surface area contributed by atoms with E-state index in [9.17, 15) is 14.0 Å². The summed E-state index contributed by atoms with van der Waals surface area (Å²) in [6, 6.07) is 5.48. The monoisotopic (exact) mass is 266 g/mol. The standard InChI is InChI=1S/C13H15FN2O3/c1-15-6-9(13(18)19)7-16(12(17)8-15)11-4-2-10(14)3-5-11/h2-5,9H,6-8H2,1H3,(H,18,19). The minimum absolute atomic E-state index is 0.101. The number of carbonyl (C=O) groups is 2. The van der Waals surface area contributed by atoms with Crippen molar-refractivity contribution in [1.82, 2.24) is 4.90 Å². The highest BCUT2D eigenvalue weighted by atomic mass is 19.1. The van der Waals surface area contributed by atoms with Crippen molar-refractivity contribution in [3.05, 3.63) is 30.1 Å². The second-order valence-corrected chi connectivity index (χ2v) is 4.71. The molecule has 2 rings (SSSR count). The van der Waals surface area contributed by atoms with E-state index in [0.29, 0.717) is 12.2 Å². The van der Waals surface area contributed by atoms with Crippen LogP contribution in [-0.4, -0.2) is 48.6 Å². The van der Waals surface area contributed by atoms with E-state index in [1.807, 2.05) is 0 Å². The number of halogens is 1. The fourth-order valence-electron chi connectivity index (χ4n) is 2.16. The fraction of sp³-hybridized carbons (Fsp3) is 0.385. The number of hydrogen-bond acceptors (Lipinski definition) is 3. The number of nitrogens with zero attached hydrogens (tertiary/aromatic N) is 2. The first-order valence-electron chi connectivity index (χ1n) is 5.94. The topological polar surface area (TPSA) is 60.9 Å². The molecule has 0 aliphatic carbocycles. The average molecular weight is 266 g/mol. The van der Waals surface area contributed by atoms with Gasteiger partial charge in [0.1, 0.15) is 5.82 Å². The molecule has 0 radical (unpaired) electrons. The van der Waals surface area contributed by atoms with E-state index in [1.54, 1.807) is 11.9 Å². The largest absolute Gasteiger partial charge is 0.481 e. The minimum atomic E-state index is -0.936. The first kappa shape index (κ1) is 13.5. The van der Waals surface area contributed by atoms with Gasteiger partial charge in [0.25, 0.3) is 0 Å². The summed E-state index contributed by atoms with van der Waals surface area (Å²) in [5.41, 5.74) is 0.521. The zero-order valence-corrected chi connectivity index (χ0v) is 10.5. The van der Waals surface area contributed by atoms with Crippen LogP contribution in [0.15, 0.2) is 24.3 Å². The van der Waals surface area contributed by atoms with Crippen LogP contribution in [0.3, 0.4) is 0 Å². The molecule has 1 atom stereocenters. The Kier molecular flexibility index (Phi) is 3.80. The number of carboxylic acid groups (broad SMARTS) is 1. The predicted molar refractivity (Wildman–Crippen MR) is 67.4 cm³/mol. The molecule has 1 N–H and O–H groups in total. The summed E-state index contributed by atoms with van der Waals surface area (Å²) in [7, 11) is 1.71. The van der Waals surface area contributed by atoms with Crippen molar-refractivity contribution in [1.29, 1.82) is 0 Å². The Labute approximate surface area is 110 Å². The molecule has 0 aromatic heterocycles. The molecule has 1 heterocycles. The molecule has 1 aromatic carbocycles. The molecular formula is C13H15FN2O3. The van der Waals surface area contributed by atoms with Gasteiger partial charge >= 0.3 is 5.97 Å². The maximum Gasteiger partial charge on any atom is 0.309 e. The highest BCUT2D eigenvalue weighted by Gasteiger charge is 2.30. The summed E-state index contributed by atoms with van der Waals surface area (Å²) < 4.78 is 12.9. The molecule has 1 aliphatic rings. The molecule has 5 nitrogen and oxygen atoms in total. The van der Waals surface area contributed by atoms with Gasteiger partial charge in [-0.3, -0.25) is 14.5 Å². The van der Waals surface area contributed by atoms with Crippen LogP contribution in [0.2, 0.25) is 0 Å². The van der Waals surface area contributed by atoms with E-state index >= 15 is 0 Å². The van der Waals surface area contributed by atoms with Gasteiger partial charge in [0, 0.05) is 18.8 Å². The molecule has 6 heteroatoms. The lowest BCUT2D eigenvalue weighted by Gasteiger charge is -2.22. The normalized spacial score (nSPS) is 21.3. The zero-order chi connectivity index (χ0) is 14.0. The summed E-state index contributed by atoms with van der Waals surface area (Å²) in [4.78, 5) is 26.3. The van der Waals surface area contributed by atoms with Gasteiger partial charge in [0.05, 0.1) is 12.5 Å². The van der Waals surface area contributed by atoms with Gasteiger partial charge in [0.2, 0.25) is 5.91 Å². The highest BCUT2D eigenvalue weighted by Crippen LogP contribution is 2.19. The van der Waals surface area contributed by atoms with Gasteiger partial charge in [-0.05, 0) is 31.3 Å². The molecular weight excluding hydrogens is 251 g/mol. The molecule has 1 saturated heterocycles. The van der Waals surface area contributed by atoms with E-state index in [1.165, 1.54) is 29.2 Å². The van der Waals surface area contributed by atoms with Gasteiger partial charge in [-0.15, -0.1) is 0 Å². The Bertz CT molecular complexity index is 489. The lowest BCUT2D eigenvalue weighted by Crippen LogP contribution is -2.37. The van der Waals surface area contributed by atoms with Gasteiger partial charge in [-0.25, -0.2) is 4.39 Å². The second-order valence-electron chi connectivity index (χ2n) is 4.71. The molecule has 1 unspecified atom stereocenters. The summed E-state index contributed by atoms with van der Waals surface area (Å²) >= 11 is 0. The van der Waals surface area contributed by atoms with Crippen molar-refractivity contribution in [2.75, 3.05) is 31.6 Å². The van der Waals surface area contributed by atoms with Crippen LogP contribution < -0.4 is 4.90 Å². The minimum Gasteiger partial charge on any atom is -0.481 e. The van der Waals surface area contributed by atoms with E-state index in [0.717, 1.165) is 0 Å². The van der Waals surface area contributed by atoms with Crippen LogP contribution in [0.4, 0.5) is 10.1 Å². The Balaban J connectivity index is 2.28.